The number of piperazine rings is 1. The molecule has 202 valence electrons. The van der Waals surface area contributed by atoms with E-state index in [0.717, 1.165) is 30.6 Å². The number of nitrogens with zero attached hydrogens (tertiary/aromatic N) is 5. The number of benzene rings is 2. The Balaban J connectivity index is 1.33. The molecule has 2 aromatic carbocycles. The van der Waals surface area contributed by atoms with E-state index < -0.39 is 15.4 Å². The molecule has 1 fully saturated rings. The number of rotatable bonds is 5. The monoisotopic (exact) mass is 547 g/mol. The van der Waals surface area contributed by atoms with Crippen molar-refractivity contribution in [3.8, 4) is 0 Å². The molecule has 9 nitrogen and oxygen atoms in total. The van der Waals surface area contributed by atoms with Crippen LogP contribution in [0.5, 0.6) is 0 Å². The van der Waals surface area contributed by atoms with Gasteiger partial charge in [-0.15, -0.1) is 0 Å². The zero-order valence-corrected chi connectivity index (χ0v) is 22.8. The summed E-state index contributed by atoms with van der Waals surface area (Å²) in [5.74, 6) is 0.145. The summed E-state index contributed by atoms with van der Waals surface area (Å²) in [6.45, 7) is 8.46. The van der Waals surface area contributed by atoms with Gasteiger partial charge in [0.25, 0.3) is 10.0 Å². The van der Waals surface area contributed by atoms with E-state index in [-0.39, 0.29) is 29.2 Å². The van der Waals surface area contributed by atoms with Crippen molar-refractivity contribution < 1.29 is 12.8 Å². The number of hydrogen-bond acceptors (Lipinski definition) is 8. The number of sulfonamides is 1. The highest BCUT2D eigenvalue weighted by Crippen LogP contribution is 2.42. The average Bonchev–Trinajstić information content (AvgIpc) is 3.19. The highest BCUT2D eigenvalue weighted by molar-refractivity contribution is 7.93. The normalized spacial score (nSPS) is 18.8. The summed E-state index contributed by atoms with van der Waals surface area (Å²) in [7, 11) is -3.99. The van der Waals surface area contributed by atoms with Crippen LogP contribution in [0.25, 0.3) is 10.9 Å². The molecular weight excluding hydrogens is 517 g/mol. The van der Waals surface area contributed by atoms with Crippen LogP contribution in [-0.2, 0) is 15.4 Å². The van der Waals surface area contributed by atoms with Crippen molar-refractivity contribution in [3.63, 3.8) is 0 Å². The molecule has 0 bridgehead atoms. The van der Waals surface area contributed by atoms with Gasteiger partial charge in [-0.3, -0.25) is 4.98 Å². The van der Waals surface area contributed by atoms with Crippen LogP contribution in [0.2, 0.25) is 0 Å². The van der Waals surface area contributed by atoms with E-state index in [9.17, 15) is 8.42 Å². The van der Waals surface area contributed by atoms with E-state index in [2.05, 4.69) is 32.5 Å². The molecule has 0 amide bonds. The maximum atomic E-state index is 15.1. The molecule has 0 radical (unpaired) electrons. The van der Waals surface area contributed by atoms with Gasteiger partial charge in [-0.2, -0.15) is 4.98 Å². The summed E-state index contributed by atoms with van der Waals surface area (Å²) in [4.78, 5) is 15.5. The first kappa shape index (κ1) is 25.4. The maximum Gasteiger partial charge on any atom is 0.267 e. The third-order valence-corrected chi connectivity index (χ3v) is 9.12. The van der Waals surface area contributed by atoms with Gasteiger partial charge in [0.2, 0.25) is 5.95 Å². The molecule has 0 aliphatic carbocycles. The summed E-state index contributed by atoms with van der Waals surface area (Å²) < 4.78 is 44.4. The third-order valence-electron chi connectivity index (χ3n) is 7.35. The Morgan fingerprint density at radius 2 is 1.95 bits per heavy atom. The second-order valence-electron chi connectivity index (χ2n) is 10.8. The predicted octanol–water partition coefficient (Wildman–Crippen LogP) is 4.19. The van der Waals surface area contributed by atoms with Crippen molar-refractivity contribution in [2.24, 2.45) is 0 Å². The molecule has 2 N–H and O–H groups in total. The first-order chi connectivity index (χ1) is 18.6. The van der Waals surface area contributed by atoms with E-state index in [1.54, 1.807) is 42.7 Å². The number of halogens is 1. The van der Waals surface area contributed by atoms with E-state index in [1.165, 1.54) is 10.4 Å². The Morgan fingerprint density at radius 3 is 2.74 bits per heavy atom. The zero-order chi connectivity index (χ0) is 27.4. The molecule has 0 saturated carbocycles. The van der Waals surface area contributed by atoms with Gasteiger partial charge in [0, 0.05) is 66.7 Å². The van der Waals surface area contributed by atoms with Crippen LogP contribution in [0, 0.1) is 5.82 Å². The first-order valence-electron chi connectivity index (χ1n) is 12.9. The van der Waals surface area contributed by atoms with E-state index in [4.69, 9.17) is 0 Å². The van der Waals surface area contributed by atoms with Crippen molar-refractivity contribution in [1.82, 2.24) is 20.3 Å². The lowest BCUT2D eigenvalue weighted by atomic mass is 9.89. The summed E-state index contributed by atoms with van der Waals surface area (Å²) in [6.07, 6.45) is 3.23. The number of aromatic nitrogens is 3. The molecule has 4 heterocycles. The minimum absolute atomic E-state index is 0.122. The second-order valence-corrected chi connectivity index (χ2v) is 12.6. The van der Waals surface area contributed by atoms with Gasteiger partial charge in [0.15, 0.2) is 5.82 Å². The van der Waals surface area contributed by atoms with E-state index in [1.807, 2.05) is 30.9 Å². The molecule has 1 atom stereocenters. The summed E-state index contributed by atoms with van der Waals surface area (Å²) >= 11 is 0. The number of para-hydroxylation sites is 1. The van der Waals surface area contributed by atoms with Crippen LogP contribution < -0.4 is 19.8 Å². The van der Waals surface area contributed by atoms with Crippen LogP contribution in [0.15, 0.2) is 65.8 Å². The van der Waals surface area contributed by atoms with Crippen molar-refractivity contribution in [3.05, 3.63) is 72.3 Å². The molecule has 1 unspecified atom stereocenters. The second kappa shape index (κ2) is 9.42. The fourth-order valence-electron chi connectivity index (χ4n) is 5.34. The lowest BCUT2D eigenvalue weighted by Crippen LogP contribution is -2.49. The lowest BCUT2D eigenvalue weighted by molar-refractivity contribution is 0.478. The van der Waals surface area contributed by atoms with Crippen LogP contribution in [-0.4, -0.2) is 55.6 Å². The highest BCUT2D eigenvalue weighted by Gasteiger charge is 2.43. The van der Waals surface area contributed by atoms with Gasteiger partial charge in [-0.05, 0) is 37.3 Å². The number of pyridine rings is 1. The maximum absolute atomic E-state index is 15.1. The van der Waals surface area contributed by atoms with Crippen LogP contribution in [0.4, 0.5) is 27.5 Å². The Kier molecular flexibility index (Phi) is 6.15. The lowest BCUT2D eigenvalue weighted by Gasteiger charge is -2.33. The highest BCUT2D eigenvalue weighted by atomic mass is 32.2. The van der Waals surface area contributed by atoms with Crippen molar-refractivity contribution in [2.45, 2.75) is 37.1 Å². The van der Waals surface area contributed by atoms with Crippen molar-refractivity contribution >= 4 is 44.1 Å². The van der Waals surface area contributed by atoms with Gasteiger partial charge < -0.3 is 15.5 Å². The van der Waals surface area contributed by atoms with Crippen LogP contribution in [0.1, 0.15) is 26.3 Å². The van der Waals surface area contributed by atoms with Gasteiger partial charge in [-0.25, -0.2) is 22.1 Å². The molecule has 6 rings (SSSR count). The Labute approximate surface area is 227 Å². The van der Waals surface area contributed by atoms with Gasteiger partial charge >= 0.3 is 0 Å². The molecule has 11 heteroatoms. The number of hydrogen-bond donors (Lipinski definition) is 2. The van der Waals surface area contributed by atoms with Gasteiger partial charge in [-0.1, -0.05) is 32.0 Å². The van der Waals surface area contributed by atoms with E-state index in [0.29, 0.717) is 22.7 Å². The SMILES string of the molecule is CC1CN(c2ccc(Nc3ncc4c(n3)N(S(=O)(=O)c3cccc5cccnc35)CC4(C)C)cc2F)CCN1. The molecule has 2 aromatic heterocycles. The summed E-state index contributed by atoms with van der Waals surface area (Å²) in [6, 6.07) is 13.9. The Hall–Kier alpha value is -3.83. The molecule has 2 aliphatic heterocycles. The predicted molar refractivity (Wildman–Crippen MR) is 151 cm³/mol. The fraction of sp³-hybridized carbons (Fsp3) is 0.321. The quantitative estimate of drug-likeness (QED) is 0.383. The molecular formula is C28H30FN7O2S. The molecule has 39 heavy (non-hydrogen) atoms. The van der Waals surface area contributed by atoms with Crippen molar-refractivity contribution in [1.29, 1.82) is 0 Å². The van der Waals surface area contributed by atoms with Gasteiger partial charge in [0.05, 0.1) is 11.2 Å². The molecule has 0 spiro atoms. The smallest absolute Gasteiger partial charge is 0.267 e. The molecule has 4 aromatic rings. The van der Waals surface area contributed by atoms with E-state index >= 15 is 4.39 Å². The Morgan fingerprint density at radius 1 is 1.13 bits per heavy atom. The zero-order valence-electron chi connectivity index (χ0n) is 22.0. The largest absolute Gasteiger partial charge is 0.366 e. The van der Waals surface area contributed by atoms with Crippen molar-refractivity contribution in [2.75, 3.05) is 40.7 Å². The Bertz CT molecular complexity index is 1670. The molecule has 1 saturated heterocycles. The fourth-order valence-corrected chi connectivity index (χ4v) is 7.11. The number of nitrogens with one attached hydrogen (secondary N) is 2. The standard InChI is InChI=1S/C28H30FN7O2S/c1-18-16-35(13-12-30-18)23-10-9-20(14-22(23)29)33-27-32-15-21-26(34-27)36(17-28(21,2)3)39(37,38)24-8-4-6-19-7-5-11-31-25(19)24/h4-11,14-15,18,30H,12-13,16-17H2,1-3H3,(H,32,33,34). The van der Waals surface area contributed by atoms with Crippen LogP contribution >= 0.6 is 0 Å². The first-order valence-corrected chi connectivity index (χ1v) is 14.4. The average molecular weight is 548 g/mol. The topological polar surface area (TPSA) is 103 Å². The number of fused-ring (bicyclic) bond motifs is 2. The third kappa shape index (κ3) is 4.55. The number of anilines is 4. The molecule has 2 aliphatic rings. The summed E-state index contributed by atoms with van der Waals surface area (Å²) in [5, 5.41) is 7.16. The van der Waals surface area contributed by atoms with Gasteiger partial charge in [0.1, 0.15) is 10.7 Å². The minimum Gasteiger partial charge on any atom is -0.366 e. The summed E-state index contributed by atoms with van der Waals surface area (Å²) in [5.41, 5.74) is 1.65. The van der Waals surface area contributed by atoms with Crippen LogP contribution in [0.3, 0.4) is 0 Å². The minimum atomic E-state index is -3.99.